The second kappa shape index (κ2) is 7.39. The average Bonchev–Trinajstić information content (AvgIpc) is 2.46. The predicted octanol–water partition coefficient (Wildman–Crippen LogP) is 3.96. The van der Waals surface area contributed by atoms with E-state index in [0.717, 1.165) is 5.56 Å². The summed E-state index contributed by atoms with van der Waals surface area (Å²) in [5.41, 5.74) is 1.57. The van der Waals surface area contributed by atoms with Crippen LogP contribution in [0.5, 0.6) is 0 Å². The molecule has 0 aromatic heterocycles. The predicted molar refractivity (Wildman–Crippen MR) is 79.3 cm³/mol. The van der Waals surface area contributed by atoms with Crippen LogP contribution >= 0.6 is 11.6 Å². The van der Waals surface area contributed by atoms with Gasteiger partial charge in [0.15, 0.2) is 0 Å². The van der Waals surface area contributed by atoms with Gasteiger partial charge in [-0.15, -0.1) is 0 Å². The fourth-order valence-electron chi connectivity index (χ4n) is 1.94. The molecule has 0 fully saturated rings. The lowest BCUT2D eigenvalue weighted by Gasteiger charge is -2.18. The zero-order chi connectivity index (χ0) is 14.4. The third-order valence-electron chi connectivity index (χ3n) is 3.03. The highest BCUT2D eigenvalue weighted by molar-refractivity contribution is 6.30. The summed E-state index contributed by atoms with van der Waals surface area (Å²) in [6.07, 6.45) is -0.142. The molecule has 0 radical (unpaired) electrons. The first-order valence-electron chi connectivity index (χ1n) is 6.46. The van der Waals surface area contributed by atoms with Crippen LogP contribution in [0.15, 0.2) is 48.5 Å². The molecule has 1 N–H and O–H groups in total. The van der Waals surface area contributed by atoms with E-state index in [2.05, 4.69) is 5.32 Å². The van der Waals surface area contributed by atoms with Crippen LogP contribution in [-0.4, -0.2) is 13.6 Å². The van der Waals surface area contributed by atoms with E-state index < -0.39 is 0 Å². The maximum Gasteiger partial charge on any atom is 0.128 e. The zero-order valence-electron chi connectivity index (χ0n) is 11.3. The first-order chi connectivity index (χ1) is 9.70. The van der Waals surface area contributed by atoms with Gasteiger partial charge in [0.25, 0.3) is 0 Å². The van der Waals surface area contributed by atoms with Crippen molar-refractivity contribution in [2.45, 2.75) is 12.7 Å². The molecule has 0 spiro atoms. The molecular formula is C16H17ClFNO. The summed E-state index contributed by atoms with van der Waals surface area (Å²) < 4.78 is 19.4. The number of ether oxygens (including phenoxy) is 1. The molecule has 2 nitrogen and oxygen atoms in total. The number of hydrogen-bond acceptors (Lipinski definition) is 2. The van der Waals surface area contributed by atoms with Crippen molar-refractivity contribution >= 4 is 11.6 Å². The summed E-state index contributed by atoms with van der Waals surface area (Å²) in [6.45, 7) is 0.887. The molecule has 0 amide bonds. The van der Waals surface area contributed by atoms with Crippen molar-refractivity contribution in [1.82, 2.24) is 5.32 Å². The van der Waals surface area contributed by atoms with Crippen LogP contribution in [0.2, 0.25) is 5.02 Å². The van der Waals surface area contributed by atoms with E-state index in [0.29, 0.717) is 17.1 Å². The highest BCUT2D eigenvalue weighted by Gasteiger charge is 2.12. The summed E-state index contributed by atoms with van der Waals surface area (Å²) in [5, 5.41) is 3.77. The maximum atomic E-state index is 13.6. The Hall–Kier alpha value is -1.42. The van der Waals surface area contributed by atoms with Crippen LogP contribution in [0.1, 0.15) is 17.2 Å². The van der Waals surface area contributed by atoms with Gasteiger partial charge in [-0.25, -0.2) is 4.39 Å². The largest absolute Gasteiger partial charge is 0.367 e. The minimum atomic E-state index is -0.244. The van der Waals surface area contributed by atoms with Gasteiger partial charge in [-0.2, -0.15) is 0 Å². The monoisotopic (exact) mass is 293 g/mol. The fraction of sp³-hybridized carbons (Fsp3) is 0.250. The van der Waals surface area contributed by atoms with E-state index in [1.165, 1.54) is 6.07 Å². The number of halogens is 2. The zero-order valence-corrected chi connectivity index (χ0v) is 12.0. The van der Waals surface area contributed by atoms with Crippen molar-refractivity contribution in [3.05, 3.63) is 70.5 Å². The highest BCUT2D eigenvalue weighted by atomic mass is 35.5. The summed E-state index contributed by atoms with van der Waals surface area (Å²) in [5.74, 6) is -0.244. The number of likely N-dealkylation sites (N-methyl/N-ethyl adjacent to an activating group) is 1. The molecule has 0 aliphatic heterocycles. The van der Waals surface area contributed by atoms with Crippen LogP contribution in [0.3, 0.4) is 0 Å². The topological polar surface area (TPSA) is 21.3 Å². The van der Waals surface area contributed by atoms with Gasteiger partial charge in [0, 0.05) is 17.1 Å². The Balaban J connectivity index is 2.06. The maximum absolute atomic E-state index is 13.6. The standard InChI is InChI=1S/C16H17ClFNO/c1-19-10-16(12-6-8-14(17)9-7-12)20-11-13-4-2-3-5-15(13)18/h2-9,16,19H,10-11H2,1H3. The Bertz CT molecular complexity index is 544. The van der Waals surface area contributed by atoms with Crippen molar-refractivity contribution in [2.24, 2.45) is 0 Å². The molecule has 2 aromatic rings. The van der Waals surface area contributed by atoms with Crippen LogP contribution in [0, 0.1) is 5.82 Å². The molecule has 0 bridgehead atoms. The van der Waals surface area contributed by atoms with Gasteiger partial charge in [-0.05, 0) is 30.8 Å². The third-order valence-corrected chi connectivity index (χ3v) is 3.28. The molecule has 1 unspecified atom stereocenters. The minimum Gasteiger partial charge on any atom is -0.367 e. The molecule has 0 heterocycles. The molecule has 1 atom stereocenters. The van der Waals surface area contributed by atoms with Crippen molar-refractivity contribution in [3.8, 4) is 0 Å². The Morgan fingerprint density at radius 2 is 1.85 bits per heavy atom. The van der Waals surface area contributed by atoms with Gasteiger partial charge in [0.2, 0.25) is 0 Å². The van der Waals surface area contributed by atoms with E-state index in [-0.39, 0.29) is 18.5 Å². The van der Waals surface area contributed by atoms with Crippen LogP contribution in [-0.2, 0) is 11.3 Å². The second-order valence-electron chi connectivity index (χ2n) is 4.50. The Labute approximate surface area is 123 Å². The van der Waals surface area contributed by atoms with Gasteiger partial charge in [-0.3, -0.25) is 0 Å². The SMILES string of the molecule is CNCC(OCc1ccccc1F)c1ccc(Cl)cc1. The van der Waals surface area contributed by atoms with E-state index in [1.54, 1.807) is 18.2 Å². The quantitative estimate of drug-likeness (QED) is 0.870. The van der Waals surface area contributed by atoms with E-state index in [1.807, 2.05) is 31.3 Å². The van der Waals surface area contributed by atoms with Gasteiger partial charge in [-0.1, -0.05) is 41.9 Å². The number of benzene rings is 2. The summed E-state index contributed by atoms with van der Waals surface area (Å²) >= 11 is 5.88. The van der Waals surface area contributed by atoms with Gasteiger partial charge in [0.05, 0.1) is 12.7 Å². The molecule has 20 heavy (non-hydrogen) atoms. The second-order valence-corrected chi connectivity index (χ2v) is 4.94. The van der Waals surface area contributed by atoms with Gasteiger partial charge in [0.1, 0.15) is 5.82 Å². The Morgan fingerprint density at radius 1 is 1.15 bits per heavy atom. The Kier molecular flexibility index (Phi) is 5.53. The lowest BCUT2D eigenvalue weighted by molar-refractivity contribution is 0.0395. The molecule has 4 heteroatoms. The van der Waals surface area contributed by atoms with Crippen molar-refractivity contribution < 1.29 is 9.13 Å². The number of hydrogen-bond donors (Lipinski definition) is 1. The van der Waals surface area contributed by atoms with Gasteiger partial charge >= 0.3 is 0 Å². The van der Waals surface area contributed by atoms with Crippen molar-refractivity contribution in [1.29, 1.82) is 0 Å². The van der Waals surface area contributed by atoms with E-state index in [9.17, 15) is 4.39 Å². The molecule has 2 rings (SSSR count). The van der Waals surface area contributed by atoms with E-state index >= 15 is 0 Å². The Morgan fingerprint density at radius 3 is 2.50 bits per heavy atom. The molecular weight excluding hydrogens is 277 g/mol. The molecule has 0 aliphatic carbocycles. The molecule has 0 saturated carbocycles. The number of rotatable bonds is 6. The smallest absolute Gasteiger partial charge is 0.128 e. The first-order valence-corrected chi connectivity index (χ1v) is 6.83. The minimum absolute atomic E-state index is 0.142. The molecule has 106 valence electrons. The fourth-order valence-corrected chi connectivity index (χ4v) is 2.07. The normalized spacial score (nSPS) is 12.3. The summed E-state index contributed by atoms with van der Waals surface area (Å²) in [7, 11) is 1.86. The van der Waals surface area contributed by atoms with Crippen LogP contribution in [0.4, 0.5) is 4.39 Å². The molecule has 0 saturated heterocycles. The summed E-state index contributed by atoms with van der Waals surface area (Å²) in [6, 6.07) is 14.1. The van der Waals surface area contributed by atoms with Crippen LogP contribution in [0.25, 0.3) is 0 Å². The average molecular weight is 294 g/mol. The highest BCUT2D eigenvalue weighted by Crippen LogP contribution is 2.21. The van der Waals surface area contributed by atoms with Gasteiger partial charge < -0.3 is 10.1 Å². The van der Waals surface area contributed by atoms with Crippen molar-refractivity contribution in [2.75, 3.05) is 13.6 Å². The van der Waals surface area contributed by atoms with Crippen LogP contribution < -0.4 is 5.32 Å². The molecule has 2 aromatic carbocycles. The third kappa shape index (κ3) is 4.04. The first kappa shape index (κ1) is 15.0. The molecule has 0 aliphatic rings. The van der Waals surface area contributed by atoms with E-state index in [4.69, 9.17) is 16.3 Å². The summed E-state index contributed by atoms with van der Waals surface area (Å²) in [4.78, 5) is 0. The number of nitrogens with one attached hydrogen (secondary N) is 1. The lowest BCUT2D eigenvalue weighted by atomic mass is 10.1. The van der Waals surface area contributed by atoms with Crippen molar-refractivity contribution in [3.63, 3.8) is 0 Å². The lowest BCUT2D eigenvalue weighted by Crippen LogP contribution is -2.19.